The molecule has 0 radical (unpaired) electrons. The lowest BCUT2D eigenvalue weighted by molar-refractivity contribution is -0.137. The molecule has 0 aromatic heterocycles. The fourth-order valence-electron chi connectivity index (χ4n) is 1.79. The van der Waals surface area contributed by atoms with E-state index in [0.29, 0.717) is 16.7 Å². The Bertz CT molecular complexity index is 553. The average molecular weight is 254 g/mol. The van der Waals surface area contributed by atoms with Crippen molar-refractivity contribution in [3.8, 4) is 11.1 Å². The van der Waals surface area contributed by atoms with Crippen LogP contribution in [0.5, 0.6) is 0 Å². The Balaban J connectivity index is 2.45. The molecule has 0 nitrogen and oxygen atoms in total. The first kappa shape index (κ1) is 12.6. The molecule has 0 aliphatic carbocycles. The smallest absolute Gasteiger partial charge is 0.207 e. The number of alkyl halides is 3. The molecule has 0 fully saturated rings. The molecule has 0 unspecified atom stereocenters. The van der Waals surface area contributed by atoms with Crippen LogP contribution in [-0.4, -0.2) is 0 Å². The van der Waals surface area contributed by atoms with Gasteiger partial charge in [-0.1, -0.05) is 18.2 Å². The molecule has 94 valence electrons. The van der Waals surface area contributed by atoms with E-state index in [1.54, 1.807) is 19.1 Å². The monoisotopic (exact) mass is 254 g/mol. The molecular weight excluding hydrogens is 244 g/mol. The number of hydrogen-bond donors (Lipinski definition) is 0. The fraction of sp³-hybridized carbons (Fsp3) is 0.143. The zero-order chi connectivity index (χ0) is 13.3. The predicted molar refractivity (Wildman–Crippen MR) is 61.6 cm³/mol. The van der Waals surface area contributed by atoms with Gasteiger partial charge in [-0.15, -0.1) is 0 Å². The minimum absolute atomic E-state index is 0.372. The first-order valence-electron chi connectivity index (χ1n) is 5.32. The third-order valence-electron chi connectivity index (χ3n) is 2.71. The van der Waals surface area contributed by atoms with E-state index < -0.39 is 11.7 Å². The van der Waals surface area contributed by atoms with Gasteiger partial charge < -0.3 is 0 Å². The molecular formula is C14H10F4. The summed E-state index contributed by atoms with van der Waals surface area (Å²) in [6, 6.07) is 9.20. The topological polar surface area (TPSA) is 0 Å². The van der Waals surface area contributed by atoms with Crippen molar-refractivity contribution in [3.05, 3.63) is 59.4 Å². The van der Waals surface area contributed by atoms with Gasteiger partial charge in [0.1, 0.15) is 5.82 Å². The van der Waals surface area contributed by atoms with Gasteiger partial charge in [0.2, 0.25) is 0 Å². The van der Waals surface area contributed by atoms with Crippen LogP contribution < -0.4 is 0 Å². The van der Waals surface area contributed by atoms with Crippen LogP contribution in [0.4, 0.5) is 17.6 Å². The molecule has 2 rings (SSSR count). The van der Waals surface area contributed by atoms with E-state index in [1.807, 2.05) is 0 Å². The minimum Gasteiger partial charge on any atom is -0.207 e. The van der Waals surface area contributed by atoms with E-state index in [1.165, 1.54) is 18.2 Å². The Labute approximate surface area is 102 Å². The third-order valence-corrected chi connectivity index (χ3v) is 2.71. The second-order valence-corrected chi connectivity index (χ2v) is 4.03. The summed E-state index contributed by atoms with van der Waals surface area (Å²) < 4.78 is 50.3. The molecule has 2 aromatic rings. The highest BCUT2D eigenvalue weighted by Crippen LogP contribution is 2.33. The summed E-state index contributed by atoms with van der Waals surface area (Å²) in [7, 11) is 0. The van der Waals surface area contributed by atoms with Crippen LogP contribution in [0.2, 0.25) is 0 Å². The van der Waals surface area contributed by atoms with E-state index in [4.69, 9.17) is 0 Å². The number of aryl methyl sites for hydroxylation is 1. The Morgan fingerprint density at radius 2 is 1.50 bits per heavy atom. The lowest BCUT2D eigenvalue weighted by atomic mass is 9.98. The lowest BCUT2D eigenvalue weighted by Gasteiger charge is -2.11. The van der Waals surface area contributed by atoms with Crippen molar-refractivity contribution in [2.75, 3.05) is 0 Å². The number of rotatable bonds is 1. The normalized spacial score (nSPS) is 11.6. The number of benzene rings is 2. The van der Waals surface area contributed by atoms with Crippen molar-refractivity contribution in [1.82, 2.24) is 0 Å². The van der Waals surface area contributed by atoms with Gasteiger partial charge in [-0.25, -0.2) is 4.39 Å². The quantitative estimate of drug-likeness (QED) is 0.640. The molecule has 0 amide bonds. The van der Waals surface area contributed by atoms with E-state index in [-0.39, 0.29) is 5.82 Å². The fourth-order valence-corrected chi connectivity index (χ4v) is 1.79. The molecule has 0 bridgehead atoms. The van der Waals surface area contributed by atoms with Crippen molar-refractivity contribution in [2.24, 2.45) is 0 Å². The van der Waals surface area contributed by atoms with Crippen LogP contribution in [0.1, 0.15) is 11.1 Å². The van der Waals surface area contributed by atoms with Crippen molar-refractivity contribution in [1.29, 1.82) is 0 Å². The highest BCUT2D eigenvalue weighted by Gasteiger charge is 2.30. The van der Waals surface area contributed by atoms with Crippen LogP contribution >= 0.6 is 0 Å². The summed E-state index contributed by atoms with van der Waals surface area (Å²) in [6.45, 7) is 1.61. The highest BCUT2D eigenvalue weighted by atomic mass is 19.4. The Morgan fingerprint density at radius 3 is 2.00 bits per heavy atom. The van der Waals surface area contributed by atoms with Crippen LogP contribution in [0, 0.1) is 12.7 Å². The standard InChI is InChI=1S/C14H10F4/c1-9-8-11(14(16,17)18)4-7-13(9)10-2-5-12(15)6-3-10/h2-8H,1H3. The molecule has 0 N–H and O–H groups in total. The van der Waals surface area contributed by atoms with Gasteiger partial charge in [0.05, 0.1) is 5.56 Å². The molecule has 4 heteroatoms. The summed E-state index contributed by atoms with van der Waals surface area (Å²) in [5.74, 6) is -0.372. The largest absolute Gasteiger partial charge is 0.416 e. The SMILES string of the molecule is Cc1cc(C(F)(F)F)ccc1-c1ccc(F)cc1. The maximum Gasteiger partial charge on any atom is 0.416 e. The van der Waals surface area contributed by atoms with Crippen molar-refractivity contribution in [3.63, 3.8) is 0 Å². The summed E-state index contributed by atoms with van der Waals surface area (Å²) in [5, 5.41) is 0. The van der Waals surface area contributed by atoms with E-state index in [2.05, 4.69) is 0 Å². The Kier molecular flexibility index (Phi) is 3.11. The van der Waals surface area contributed by atoms with Crippen molar-refractivity contribution >= 4 is 0 Å². The second-order valence-electron chi connectivity index (χ2n) is 4.03. The van der Waals surface area contributed by atoms with Gasteiger partial charge in [0, 0.05) is 0 Å². The molecule has 0 spiro atoms. The van der Waals surface area contributed by atoms with Crippen molar-refractivity contribution < 1.29 is 17.6 Å². The molecule has 0 aliphatic rings. The van der Waals surface area contributed by atoms with Gasteiger partial charge in [0.25, 0.3) is 0 Å². The molecule has 0 saturated heterocycles. The second kappa shape index (κ2) is 4.44. The maximum absolute atomic E-state index is 12.8. The third kappa shape index (κ3) is 2.53. The first-order valence-corrected chi connectivity index (χ1v) is 5.32. The zero-order valence-corrected chi connectivity index (χ0v) is 9.55. The Hall–Kier alpha value is -1.84. The molecule has 0 atom stereocenters. The number of hydrogen-bond acceptors (Lipinski definition) is 0. The van der Waals surface area contributed by atoms with Gasteiger partial charge in [-0.05, 0) is 47.9 Å². The van der Waals surface area contributed by atoms with E-state index >= 15 is 0 Å². The average Bonchev–Trinajstić information content (AvgIpc) is 2.29. The summed E-state index contributed by atoms with van der Waals surface area (Å²) in [6.07, 6.45) is -4.34. The molecule has 0 saturated carbocycles. The summed E-state index contributed by atoms with van der Waals surface area (Å²) >= 11 is 0. The molecule has 2 aromatic carbocycles. The van der Waals surface area contributed by atoms with Crippen LogP contribution in [0.15, 0.2) is 42.5 Å². The molecule has 0 heterocycles. The lowest BCUT2D eigenvalue weighted by Crippen LogP contribution is -2.05. The van der Waals surface area contributed by atoms with E-state index in [0.717, 1.165) is 12.1 Å². The Morgan fingerprint density at radius 1 is 0.889 bits per heavy atom. The van der Waals surface area contributed by atoms with Crippen LogP contribution in [-0.2, 0) is 6.18 Å². The van der Waals surface area contributed by atoms with E-state index in [9.17, 15) is 17.6 Å². The maximum atomic E-state index is 12.8. The highest BCUT2D eigenvalue weighted by molar-refractivity contribution is 5.67. The van der Waals surface area contributed by atoms with Crippen LogP contribution in [0.25, 0.3) is 11.1 Å². The first-order chi connectivity index (χ1) is 8.38. The van der Waals surface area contributed by atoms with Crippen molar-refractivity contribution in [2.45, 2.75) is 13.1 Å². The van der Waals surface area contributed by atoms with Gasteiger partial charge in [0.15, 0.2) is 0 Å². The predicted octanol–water partition coefficient (Wildman–Crippen LogP) is 4.82. The molecule has 0 aliphatic heterocycles. The summed E-state index contributed by atoms with van der Waals surface area (Å²) in [5.41, 5.74) is 1.20. The zero-order valence-electron chi connectivity index (χ0n) is 9.55. The summed E-state index contributed by atoms with van der Waals surface area (Å²) in [4.78, 5) is 0. The van der Waals surface area contributed by atoms with Gasteiger partial charge in [-0.2, -0.15) is 13.2 Å². The van der Waals surface area contributed by atoms with Crippen LogP contribution in [0.3, 0.4) is 0 Å². The number of halogens is 4. The molecule has 18 heavy (non-hydrogen) atoms. The minimum atomic E-state index is -4.34. The van der Waals surface area contributed by atoms with Gasteiger partial charge in [-0.3, -0.25) is 0 Å². The van der Waals surface area contributed by atoms with Gasteiger partial charge >= 0.3 is 6.18 Å².